The van der Waals surface area contributed by atoms with Gasteiger partial charge in [0.25, 0.3) is 0 Å². The van der Waals surface area contributed by atoms with E-state index in [0.29, 0.717) is 12.3 Å². The number of halogens is 1. The van der Waals surface area contributed by atoms with Gasteiger partial charge in [0.1, 0.15) is 0 Å². The van der Waals surface area contributed by atoms with Crippen molar-refractivity contribution < 1.29 is 9.32 Å². The van der Waals surface area contributed by atoms with Crippen molar-refractivity contribution >= 4 is 18.3 Å². The first-order valence-electron chi connectivity index (χ1n) is 4.96. The highest BCUT2D eigenvalue weighted by Crippen LogP contribution is 2.02. The lowest BCUT2D eigenvalue weighted by molar-refractivity contribution is -0.123. The fraction of sp³-hybridized carbons (Fsp3) is 0.600. The topological polar surface area (TPSA) is 81.2 Å². The molecule has 0 aliphatic carbocycles. The van der Waals surface area contributed by atoms with Gasteiger partial charge >= 0.3 is 0 Å². The molecule has 0 saturated carbocycles. The van der Waals surface area contributed by atoms with Crippen molar-refractivity contribution in [3.8, 4) is 0 Å². The van der Waals surface area contributed by atoms with Crippen molar-refractivity contribution in [1.29, 1.82) is 0 Å². The third kappa shape index (κ3) is 4.20. The maximum Gasteiger partial charge on any atom is 0.237 e. The molecule has 0 unspecified atom stereocenters. The Morgan fingerprint density at radius 3 is 2.69 bits per heavy atom. The highest BCUT2D eigenvalue weighted by molar-refractivity contribution is 5.85. The summed E-state index contributed by atoms with van der Waals surface area (Å²) in [5.74, 6) is 0.595. The SMILES string of the molecule is Cc1cc(CNC(=O)[C@@H](N)C(C)C)on1.Cl. The van der Waals surface area contributed by atoms with Gasteiger partial charge in [0.15, 0.2) is 5.76 Å². The van der Waals surface area contributed by atoms with Crippen LogP contribution < -0.4 is 11.1 Å². The minimum Gasteiger partial charge on any atom is -0.359 e. The van der Waals surface area contributed by atoms with E-state index in [1.165, 1.54) is 0 Å². The summed E-state index contributed by atoms with van der Waals surface area (Å²) in [6.07, 6.45) is 0. The van der Waals surface area contributed by atoms with Gasteiger partial charge in [-0.25, -0.2) is 0 Å². The normalized spacial score (nSPS) is 12.1. The zero-order chi connectivity index (χ0) is 11.4. The van der Waals surface area contributed by atoms with Crippen LogP contribution in [0.25, 0.3) is 0 Å². The number of aromatic nitrogens is 1. The first-order valence-corrected chi connectivity index (χ1v) is 4.96. The second-order valence-electron chi connectivity index (χ2n) is 3.92. The Labute approximate surface area is 101 Å². The number of hydrogen-bond acceptors (Lipinski definition) is 4. The number of aryl methyl sites for hydroxylation is 1. The molecule has 0 saturated heterocycles. The molecule has 5 nitrogen and oxygen atoms in total. The summed E-state index contributed by atoms with van der Waals surface area (Å²) < 4.78 is 4.95. The average Bonchev–Trinajstić information content (AvgIpc) is 2.59. The van der Waals surface area contributed by atoms with Crippen molar-refractivity contribution in [3.63, 3.8) is 0 Å². The van der Waals surface area contributed by atoms with Crippen LogP contribution in [0.5, 0.6) is 0 Å². The number of nitrogens with two attached hydrogens (primary N) is 1. The zero-order valence-electron chi connectivity index (χ0n) is 9.69. The molecule has 1 aromatic heterocycles. The summed E-state index contributed by atoms with van der Waals surface area (Å²) in [5, 5.41) is 6.41. The molecule has 0 spiro atoms. The average molecular weight is 248 g/mol. The number of hydrogen-bond donors (Lipinski definition) is 2. The van der Waals surface area contributed by atoms with E-state index in [0.717, 1.165) is 5.69 Å². The lowest BCUT2D eigenvalue weighted by Crippen LogP contribution is -2.43. The van der Waals surface area contributed by atoms with Crippen LogP contribution in [0.1, 0.15) is 25.3 Å². The highest BCUT2D eigenvalue weighted by atomic mass is 35.5. The van der Waals surface area contributed by atoms with E-state index in [-0.39, 0.29) is 24.2 Å². The van der Waals surface area contributed by atoms with Gasteiger partial charge in [0, 0.05) is 6.07 Å². The molecule has 1 amide bonds. The molecule has 0 aliphatic heterocycles. The number of nitrogens with one attached hydrogen (secondary N) is 1. The summed E-state index contributed by atoms with van der Waals surface area (Å²) in [4.78, 5) is 11.5. The molecule has 1 rings (SSSR count). The molecule has 1 heterocycles. The minimum absolute atomic E-state index is 0. The molecule has 0 radical (unpaired) electrons. The lowest BCUT2D eigenvalue weighted by Gasteiger charge is -2.14. The first-order chi connectivity index (χ1) is 7.00. The van der Waals surface area contributed by atoms with Gasteiger partial charge in [-0.3, -0.25) is 4.79 Å². The molecule has 1 atom stereocenters. The van der Waals surface area contributed by atoms with Gasteiger partial charge in [0.2, 0.25) is 5.91 Å². The molecular weight excluding hydrogens is 230 g/mol. The van der Waals surface area contributed by atoms with Crippen LogP contribution in [-0.2, 0) is 11.3 Å². The van der Waals surface area contributed by atoms with Gasteiger partial charge in [-0.2, -0.15) is 0 Å². The molecule has 0 aliphatic rings. The second kappa shape index (κ2) is 6.50. The summed E-state index contributed by atoms with van der Waals surface area (Å²) in [6.45, 7) is 5.97. The Morgan fingerprint density at radius 1 is 1.62 bits per heavy atom. The van der Waals surface area contributed by atoms with Crippen molar-refractivity contribution in [3.05, 3.63) is 17.5 Å². The van der Waals surface area contributed by atoms with Crippen molar-refractivity contribution in [1.82, 2.24) is 10.5 Å². The van der Waals surface area contributed by atoms with Gasteiger partial charge < -0.3 is 15.6 Å². The van der Waals surface area contributed by atoms with Crippen LogP contribution in [0.2, 0.25) is 0 Å². The van der Waals surface area contributed by atoms with Crippen LogP contribution in [0.3, 0.4) is 0 Å². The zero-order valence-corrected chi connectivity index (χ0v) is 10.5. The Balaban J connectivity index is 0.00000225. The summed E-state index contributed by atoms with van der Waals surface area (Å²) >= 11 is 0. The number of carbonyl (C=O) groups is 1. The largest absolute Gasteiger partial charge is 0.359 e. The summed E-state index contributed by atoms with van der Waals surface area (Å²) in [5.41, 5.74) is 6.47. The van der Waals surface area contributed by atoms with Crippen LogP contribution in [0, 0.1) is 12.8 Å². The predicted octanol–water partition coefficient (Wildman–Crippen LogP) is 1.00. The smallest absolute Gasteiger partial charge is 0.237 e. The second-order valence-corrected chi connectivity index (χ2v) is 3.92. The monoisotopic (exact) mass is 247 g/mol. The lowest BCUT2D eigenvalue weighted by atomic mass is 10.1. The molecule has 3 N–H and O–H groups in total. The van der Waals surface area contributed by atoms with Crippen molar-refractivity contribution in [2.24, 2.45) is 11.7 Å². The maximum atomic E-state index is 11.5. The number of amides is 1. The van der Waals surface area contributed by atoms with Crippen LogP contribution in [0.4, 0.5) is 0 Å². The van der Waals surface area contributed by atoms with E-state index in [2.05, 4.69) is 10.5 Å². The third-order valence-corrected chi connectivity index (χ3v) is 2.13. The van der Waals surface area contributed by atoms with Gasteiger partial charge in [-0.15, -0.1) is 12.4 Å². The van der Waals surface area contributed by atoms with Gasteiger partial charge in [0.05, 0.1) is 18.3 Å². The third-order valence-electron chi connectivity index (χ3n) is 2.13. The number of rotatable bonds is 4. The van der Waals surface area contributed by atoms with E-state index in [1.807, 2.05) is 20.8 Å². The highest BCUT2D eigenvalue weighted by Gasteiger charge is 2.16. The van der Waals surface area contributed by atoms with Crippen LogP contribution in [0.15, 0.2) is 10.6 Å². The van der Waals surface area contributed by atoms with E-state index in [9.17, 15) is 4.79 Å². The van der Waals surface area contributed by atoms with Crippen LogP contribution in [-0.4, -0.2) is 17.1 Å². The van der Waals surface area contributed by atoms with Crippen molar-refractivity contribution in [2.45, 2.75) is 33.4 Å². The van der Waals surface area contributed by atoms with Gasteiger partial charge in [-0.1, -0.05) is 19.0 Å². The molecule has 16 heavy (non-hydrogen) atoms. The van der Waals surface area contributed by atoms with E-state index in [1.54, 1.807) is 6.07 Å². The molecule has 0 bridgehead atoms. The minimum atomic E-state index is -0.478. The number of nitrogens with zero attached hydrogens (tertiary/aromatic N) is 1. The molecule has 0 fully saturated rings. The Hall–Kier alpha value is -1.07. The van der Waals surface area contributed by atoms with E-state index >= 15 is 0 Å². The molecule has 6 heteroatoms. The van der Waals surface area contributed by atoms with Crippen molar-refractivity contribution in [2.75, 3.05) is 0 Å². The van der Waals surface area contributed by atoms with Crippen LogP contribution >= 0.6 is 12.4 Å². The van der Waals surface area contributed by atoms with E-state index < -0.39 is 6.04 Å². The molecule has 0 aromatic carbocycles. The predicted molar refractivity (Wildman–Crippen MR) is 63.1 cm³/mol. The summed E-state index contributed by atoms with van der Waals surface area (Å²) in [7, 11) is 0. The van der Waals surface area contributed by atoms with E-state index in [4.69, 9.17) is 10.3 Å². The quantitative estimate of drug-likeness (QED) is 0.832. The fourth-order valence-electron chi connectivity index (χ4n) is 1.09. The Morgan fingerprint density at radius 2 is 2.25 bits per heavy atom. The Bertz CT molecular complexity index is 339. The number of carbonyl (C=O) groups excluding carboxylic acids is 1. The molecular formula is C10H18ClN3O2. The fourth-order valence-corrected chi connectivity index (χ4v) is 1.09. The Kier molecular flexibility index (Phi) is 6.06. The first kappa shape index (κ1) is 14.9. The summed E-state index contributed by atoms with van der Waals surface area (Å²) in [6, 6.07) is 1.30. The molecule has 1 aromatic rings. The van der Waals surface area contributed by atoms with Gasteiger partial charge in [-0.05, 0) is 12.8 Å². The maximum absolute atomic E-state index is 11.5. The molecule has 92 valence electrons. The standard InChI is InChI=1S/C10H17N3O2.ClH/c1-6(2)9(11)10(14)12-5-8-4-7(3)13-15-8;/h4,6,9H,5,11H2,1-3H3,(H,12,14);1H/t9-;/m0./s1.